The van der Waals surface area contributed by atoms with Gasteiger partial charge in [0.15, 0.2) is 17.3 Å². The van der Waals surface area contributed by atoms with Gasteiger partial charge in [0.05, 0.1) is 39.7 Å². The normalized spacial score (nSPS) is 14.9. The van der Waals surface area contributed by atoms with Crippen LogP contribution in [0.5, 0.6) is 17.2 Å². The molecule has 0 aromatic heterocycles. The van der Waals surface area contributed by atoms with Crippen molar-refractivity contribution >= 4 is 159 Å². The van der Waals surface area contributed by atoms with E-state index in [1.807, 2.05) is 36.4 Å². The predicted molar refractivity (Wildman–Crippen MR) is 222 cm³/mol. The van der Waals surface area contributed by atoms with Crippen LogP contribution in [-0.2, 0) is 11.2 Å². The van der Waals surface area contributed by atoms with E-state index in [0.717, 1.165) is 29.8 Å². The van der Waals surface area contributed by atoms with Gasteiger partial charge < -0.3 is 42.7 Å². The topological polar surface area (TPSA) is 44.8 Å². The summed E-state index contributed by atoms with van der Waals surface area (Å²) in [6, 6.07) is 9.44. The van der Waals surface area contributed by atoms with Crippen molar-refractivity contribution in [3.8, 4) is 17.2 Å². The highest BCUT2D eigenvalue weighted by Crippen LogP contribution is 2.51. The van der Waals surface area contributed by atoms with Crippen LogP contribution in [0.1, 0.15) is 29.2 Å². The van der Waals surface area contributed by atoms with Gasteiger partial charge in [0, 0.05) is 147 Å². The molecule has 4 rings (SSSR count). The number of halogens is 2. The van der Waals surface area contributed by atoms with Crippen molar-refractivity contribution in [2.24, 2.45) is 0 Å². The van der Waals surface area contributed by atoms with Crippen molar-refractivity contribution in [1.29, 1.82) is 0 Å². The molecule has 26 heteroatoms. The molecule has 0 spiro atoms. The number of rotatable bonds is 13. The molecule has 5 nitrogen and oxygen atoms in total. The number of methoxy groups -OCH3 is 1. The summed E-state index contributed by atoms with van der Waals surface area (Å²) < 4.78 is 17.7. The molecular formula is C23H25B19ClINO4. The Bertz CT molecular complexity index is 1370. The molecule has 0 N–H and O–H groups in total. The van der Waals surface area contributed by atoms with Crippen molar-refractivity contribution in [3.63, 3.8) is 0 Å². The molecular weight excluding hydrogens is 722 g/mol. The van der Waals surface area contributed by atoms with Gasteiger partial charge in [-0.25, -0.2) is 0 Å². The Morgan fingerprint density at radius 1 is 0.959 bits per heavy atom. The molecule has 49 heavy (non-hydrogen) atoms. The van der Waals surface area contributed by atoms with Gasteiger partial charge in [0.25, 0.3) is 0 Å². The lowest BCUT2D eigenvalue weighted by molar-refractivity contribution is -0.922. The van der Waals surface area contributed by atoms with Gasteiger partial charge >= 0.3 is 0 Å². The van der Waals surface area contributed by atoms with E-state index < -0.39 is 51.1 Å². The smallest absolute Gasteiger partial charge is 0.231 e. The summed E-state index contributed by atoms with van der Waals surface area (Å²) >= 11 is 5.93. The van der Waals surface area contributed by atoms with Gasteiger partial charge in [-0.3, -0.25) is 4.79 Å². The Kier molecular flexibility index (Phi) is 18.3. The predicted octanol–water partition coefficient (Wildman–Crippen LogP) is -5.81. The van der Waals surface area contributed by atoms with Crippen LogP contribution in [0, 0.1) is 0 Å². The monoisotopic (exact) mass is 750 g/mol. The van der Waals surface area contributed by atoms with Gasteiger partial charge in [-0.15, -0.1) is 0 Å². The van der Waals surface area contributed by atoms with Gasteiger partial charge in [-0.1, -0.05) is 29.8 Å². The van der Waals surface area contributed by atoms with Crippen LogP contribution < -0.4 is 38.2 Å². The minimum atomic E-state index is -0.837. The summed E-state index contributed by atoms with van der Waals surface area (Å²) in [5.41, 5.74) is 3.17. The van der Waals surface area contributed by atoms with Crippen LogP contribution in [0.3, 0.4) is 0 Å². The second kappa shape index (κ2) is 20.1. The number of carbonyl (C=O) groups excluding carboxylic acids is 1. The van der Waals surface area contributed by atoms with E-state index in [1.54, 1.807) is 13.2 Å². The number of allylic oxidation sites excluding steroid dienone is 1. The Morgan fingerprint density at radius 3 is 2.00 bits per heavy atom. The first kappa shape index (κ1) is 44.6. The van der Waals surface area contributed by atoms with Crippen LogP contribution in [0.2, 0.25) is 5.02 Å². The molecule has 217 valence electrons. The maximum Gasteiger partial charge on any atom is 0.231 e. The fourth-order valence-electron chi connectivity index (χ4n) is 6.57. The molecule has 2 aromatic carbocycles. The number of ether oxygens (including phenoxy) is 3. The standard InChI is InChI=1S/C23H25ClNO4.B19.HI/c1-25(2)11-10-16-12-20-22(29-14-28-20)23(27-3)21(16)19(25)13-18(26)9-6-15-4-7-17(24)8-5-15;1-11-16(10)19(17(12(2)3)13(4)5)18(14(6)7)15(8)9;/h4-9,12,19H,10-11,13-14H2,1-3H3;;1H/q+1;;/p-1/b9-6+;;. The Balaban J connectivity index is 0.000000367. The van der Waals surface area contributed by atoms with E-state index in [1.165, 1.54) is 12.6 Å². The SMILES string of the molecule is COc1c2c(cc3c1C(CC(=O)/C=C/c1ccc(Cl)cc1)[N+](C)(C)CC3)OCO2.[B][B]B([B])B(B(B([B])[B])B([B])[B])B(B([B])[B])B([B])[B].[I-]. The number of hydrogen-bond acceptors (Lipinski definition) is 4. The van der Waals surface area contributed by atoms with Crippen LogP contribution in [0.25, 0.3) is 6.08 Å². The first-order valence-electron chi connectivity index (χ1n) is 15.7. The Labute approximate surface area is 333 Å². The highest BCUT2D eigenvalue weighted by atomic mass is 127. The van der Waals surface area contributed by atoms with Crippen molar-refractivity contribution in [2.45, 2.75) is 18.9 Å². The Morgan fingerprint density at radius 2 is 1.51 bits per heavy atom. The third-order valence-corrected chi connectivity index (χ3v) is 9.39. The summed E-state index contributed by atoms with van der Waals surface area (Å²) in [6.45, 7) is 1.13. The van der Waals surface area contributed by atoms with Crippen LogP contribution in [-0.4, -0.2) is 180 Å². The molecule has 2 aliphatic heterocycles. The van der Waals surface area contributed by atoms with Crippen LogP contribution in [0.15, 0.2) is 36.4 Å². The molecule has 0 amide bonds. The number of ketones is 1. The van der Waals surface area contributed by atoms with Crippen molar-refractivity contribution in [1.82, 2.24) is 0 Å². The van der Waals surface area contributed by atoms with Gasteiger partial charge in [-0.05, 0) is 35.4 Å². The first-order chi connectivity index (χ1) is 22.5. The molecule has 2 aromatic rings. The molecule has 21 radical (unpaired) electrons. The quantitative estimate of drug-likeness (QED) is 0.0889. The fraction of sp³-hybridized carbons (Fsp3) is 0.348. The molecule has 0 saturated carbocycles. The van der Waals surface area contributed by atoms with Crippen LogP contribution in [0.4, 0.5) is 0 Å². The average molecular weight is 747 g/mol. The molecule has 0 aliphatic carbocycles. The van der Waals surface area contributed by atoms with E-state index in [4.69, 9.17) is 103 Å². The number of carbonyl (C=O) groups is 1. The lowest BCUT2D eigenvalue weighted by Crippen LogP contribution is -3.00. The number of nitrogens with zero attached hydrogens (tertiary/aromatic N) is 1. The Hall–Kier alpha value is -0.536. The zero-order chi connectivity index (χ0) is 35.9. The lowest BCUT2D eigenvalue weighted by Gasteiger charge is -2.43. The third-order valence-electron chi connectivity index (χ3n) is 9.14. The van der Waals surface area contributed by atoms with Crippen molar-refractivity contribution < 1.29 is 47.5 Å². The van der Waals surface area contributed by atoms with E-state index in [2.05, 4.69) is 14.1 Å². The van der Waals surface area contributed by atoms with E-state index in [-0.39, 0.29) is 42.6 Å². The maximum atomic E-state index is 12.9. The molecule has 2 heterocycles. The molecule has 0 bridgehead atoms. The molecule has 0 fully saturated rings. The zero-order valence-corrected chi connectivity index (χ0v) is 31.2. The van der Waals surface area contributed by atoms with Crippen molar-refractivity contribution in [3.05, 3.63) is 58.1 Å². The molecule has 1 unspecified atom stereocenters. The van der Waals surface area contributed by atoms with Crippen molar-refractivity contribution in [2.75, 3.05) is 34.5 Å². The summed E-state index contributed by atoms with van der Waals surface area (Å²) in [6.07, 6.45) is -0.947. The zero-order valence-electron chi connectivity index (χ0n) is 28.3. The summed E-state index contributed by atoms with van der Waals surface area (Å²) in [5.74, 6) is 2.13. The van der Waals surface area contributed by atoms with E-state index >= 15 is 0 Å². The fourth-order valence-corrected chi connectivity index (χ4v) is 6.70. The number of hydrogen-bond donors (Lipinski definition) is 0. The lowest BCUT2D eigenvalue weighted by atomic mass is 8.40. The molecule has 2 aliphatic rings. The summed E-state index contributed by atoms with van der Waals surface area (Å²) in [4.78, 5) is 12.9. The highest BCUT2D eigenvalue weighted by Gasteiger charge is 2.43. The average Bonchev–Trinajstić information content (AvgIpc) is 3.48. The number of fused-ring (bicyclic) bond motifs is 2. The second-order valence-electron chi connectivity index (χ2n) is 12.9. The largest absolute Gasteiger partial charge is 1.00 e. The number of quaternary nitrogens is 1. The molecule has 0 saturated heterocycles. The minimum Gasteiger partial charge on any atom is -1.00 e. The van der Waals surface area contributed by atoms with Gasteiger partial charge in [0.1, 0.15) is 6.04 Å². The summed E-state index contributed by atoms with van der Waals surface area (Å²) in [7, 11) is 64.4. The molecule has 1 atom stereocenters. The van der Waals surface area contributed by atoms with E-state index in [0.29, 0.717) is 27.4 Å². The number of likely N-dealkylation sites (N-methyl/N-ethyl adjacent to an activating group) is 1. The second-order valence-corrected chi connectivity index (χ2v) is 13.3. The highest BCUT2D eigenvalue weighted by molar-refractivity contribution is 8.18. The van der Waals surface area contributed by atoms with Gasteiger partial charge in [0.2, 0.25) is 12.5 Å². The summed E-state index contributed by atoms with van der Waals surface area (Å²) in [5, 5.41) is 0.678. The minimum absolute atomic E-state index is 0. The third kappa shape index (κ3) is 11.5. The number of benzene rings is 2. The van der Waals surface area contributed by atoms with Crippen LogP contribution >= 0.6 is 11.6 Å². The van der Waals surface area contributed by atoms with E-state index in [9.17, 15) is 4.79 Å². The van der Waals surface area contributed by atoms with Gasteiger partial charge in [-0.2, -0.15) is 0 Å². The maximum absolute atomic E-state index is 12.9. The first-order valence-corrected chi connectivity index (χ1v) is 16.1.